The van der Waals surface area contributed by atoms with Gasteiger partial charge >= 0.3 is 0 Å². The zero-order chi connectivity index (χ0) is 21.2. The molecule has 0 amide bonds. The lowest BCUT2D eigenvalue weighted by atomic mass is 10.2. The van der Waals surface area contributed by atoms with E-state index in [1.165, 1.54) is 0 Å². The fourth-order valence-corrected chi connectivity index (χ4v) is 4.06. The molecule has 5 rings (SSSR count). The Balaban J connectivity index is 1.40. The van der Waals surface area contributed by atoms with E-state index in [9.17, 15) is 4.79 Å². The molecule has 1 aliphatic heterocycles. The summed E-state index contributed by atoms with van der Waals surface area (Å²) in [7, 11) is 0. The minimum atomic E-state index is -0.0476. The highest BCUT2D eigenvalue weighted by atomic mass is 16.5. The van der Waals surface area contributed by atoms with Gasteiger partial charge in [-0.05, 0) is 44.0 Å². The normalized spacial score (nSPS) is 16.2. The molecule has 1 unspecified atom stereocenters. The van der Waals surface area contributed by atoms with Crippen molar-refractivity contribution >= 4 is 22.4 Å². The largest absolute Gasteiger partial charge is 0.491 e. The molecule has 1 N–H and O–H groups in total. The molecule has 0 saturated carbocycles. The van der Waals surface area contributed by atoms with E-state index in [2.05, 4.69) is 15.5 Å². The number of ether oxygens (including phenoxy) is 2. The van der Waals surface area contributed by atoms with Gasteiger partial charge < -0.3 is 14.8 Å². The molecule has 160 valence electrons. The Morgan fingerprint density at radius 2 is 2.10 bits per heavy atom. The molecule has 1 aliphatic rings. The van der Waals surface area contributed by atoms with Gasteiger partial charge in [0.15, 0.2) is 5.82 Å². The van der Waals surface area contributed by atoms with E-state index in [0.717, 1.165) is 42.2 Å². The van der Waals surface area contributed by atoms with Gasteiger partial charge in [-0.2, -0.15) is 0 Å². The van der Waals surface area contributed by atoms with Gasteiger partial charge in [0.1, 0.15) is 12.4 Å². The van der Waals surface area contributed by atoms with Crippen LogP contribution in [0.1, 0.15) is 25.6 Å². The van der Waals surface area contributed by atoms with Crippen LogP contribution < -0.4 is 15.6 Å². The van der Waals surface area contributed by atoms with Gasteiger partial charge in [0.05, 0.1) is 23.6 Å². The van der Waals surface area contributed by atoms with E-state index < -0.39 is 0 Å². The molecule has 1 fully saturated rings. The van der Waals surface area contributed by atoms with Crippen molar-refractivity contribution in [3.8, 4) is 5.75 Å². The third-order valence-electron chi connectivity index (χ3n) is 5.64. The first-order valence-electron chi connectivity index (χ1n) is 10.7. The van der Waals surface area contributed by atoms with Gasteiger partial charge in [-0.1, -0.05) is 18.2 Å². The first-order valence-corrected chi connectivity index (χ1v) is 10.7. The van der Waals surface area contributed by atoms with E-state index in [0.29, 0.717) is 30.9 Å². The number of hydrogen-bond donors (Lipinski definition) is 1. The lowest BCUT2D eigenvalue weighted by Gasteiger charge is -2.13. The van der Waals surface area contributed by atoms with Crippen LogP contribution in [-0.4, -0.2) is 38.5 Å². The molecule has 0 radical (unpaired) electrons. The minimum Gasteiger partial charge on any atom is -0.491 e. The average Bonchev–Trinajstić information content (AvgIpc) is 3.47. The Hall–Kier alpha value is -3.39. The highest BCUT2D eigenvalue weighted by Gasteiger charge is 2.17. The molecule has 2 aromatic carbocycles. The molecule has 1 saturated heterocycles. The second-order valence-corrected chi connectivity index (χ2v) is 7.65. The van der Waals surface area contributed by atoms with Crippen molar-refractivity contribution < 1.29 is 9.47 Å². The van der Waals surface area contributed by atoms with E-state index in [4.69, 9.17) is 9.47 Å². The summed E-state index contributed by atoms with van der Waals surface area (Å²) in [5.74, 6) is 2.09. The molecule has 0 aliphatic carbocycles. The number of para-hydroxylation sites is 1. The Labute approximate surface area is 179 Å². The van der Waals surface area contributed by atoms with E-state index in [1.54, 1.807) is 4.57 Å². The molecule has 4 aromatic rings. The summed E-state index contributed by atoms with van der Waals surface area (Å²) in [5.41, 5.74) is 1.69. The van der Waals surface area contributed by atoms with Crippen LogP contribution in [0.15, 0.2) is 53.3 Å². The number of nitrogens with zero attached hydrogens (tertiary/aromatic N) is 4. The number of rotatable bonds is 7. The quantitative estimate of drug-likeness (QED) is 0.495. The summed E-state index contributed by atoms with van der Waals surface area (Å²) in [4.78, 5) is 12.8. The highest BCUT2D eigenvalue weighted by Crippen LogP contribution is 2.21. The van der Waals surface area contributed by atoms with Gasteiger partial charge in [-0.3, -0.25) is 13.8 Å². The number of aryl methyl sites for hydroxylation is 1. The molecule has 0 spiro atoms. The Kier molecular flexibility index (Phi) is 5.30. The first-order chi connectivity index (χ1) is 15.2. The van der Waals surface area contributed by atoms with Crippen LogP contribution in [0.5, 0.6) is 5.75 Å². The van der Waals surface area contributed by atoms with Crippen molar-refractivity contribution in [2.24, 2.45) is 0 Å². The summed E-state index contributed by atoms with van der Waals surface area (Å²) in [6, 6.07) is 15.4. The monoisotopic (exact) mass is 419 g/mol. The molecule has 1 atom stereocenters. The molecule has 3 heterocycles. The van der Waals surface area contributed by atoms with Gasteiger partial charge in [0.2, 0.25) is 5.78 Å². The first kappa shape index (κ1) is 19.6. The van der Waals surface area contributed by atoms with Crippen LogP contribution in [0.2, 0.25) is 0 Å². The van der Waals surface area contributed by atoms with E-state index >= 15 is 0 Å². The molecular formula is C23H25N5O3. The van der Waals surface area contributed by atoms with Crippen LogP contribution in [0.3, 0.4) is 0 Å². The second kappa shape index (κ2) is 8.39. The minimum absolute atomic E-state index is 0.0476. The Morgan fingerprint density at radius 3 is 2.94 bits per heavy atom. The van der Waals surface area contributed by atoms with Crippen LogP contribution in [-0.2, 0) is 17.8 Å². The molecule has 8 nitrogen and oxygen atoms in total. The molecule has 0 bridgehead atoms. The zero-order valence-electron chi connectivity index (χ0n) is 17.5. The number of aromatic nitrogens is 4. The van der Waals surface area contributed by atoms with Crippen LogP contribution in [0.25, 0.3) is 16.7 Å². The lowest BCUT2D eigenvalue weighted by Crippen LogP contribution is -2.22. The molecular weight excluding hydrogens is 394 g/mol. The van der Waals surface area contributed by atoms with Crippen LogP contribution >= 0.6 is 0 Å². The summed E-state index contributed by atoms with van der Waals surface area (Å²) in [6.45, 7) is 4.32. The van der Waals surface area contributed by atoms with E-state index in [-0.39, 0.29) is 11.7 Å². The van der Waals surface area contributed by atoms with Crippen LogP contribution in [0, 0.1) is 0 Å². The Morgan fingerprint density at radius 1 is 1.19 bits per heavy atom. The maximum absolute atomic E-state index is 12.8. The predicted molar refractivity (Wildman–Crippen MR) is 119 cm³/mol. The number of benzene rings is 2. The number of hydrogen-bond acceptors (Lipinski definition) is 6. The number of anilines is 1. The smallest absolute Gasteiger partial charge is 0.262 e. The van der Waals surface area contributed by atoms with Crippen molar-refractivity contribution in [3.63, 3.8) is 0 Å². The van der Waals surface area contributed by atoms with Crippen LogP contribution in [0.4, 0.5) is 5.69 Å². The van der Waals surface area contributed by atoms with Crippen molar-refractivity contribution in [2.75, 3.05) is 18.5 Å². The Bertz CT molecular complexity index is 1270. The molecule has 2 aromatic heterocycles. The highest BCUT2D eigenvalue weighted by molar-refractivity contribution is 5.80. The van der Waals surface area contributed by atoms with Gasteiger partial charge in [0.25, 0.3) is 5.56 Å². The van der Waals surface area contributed by atoms with Crippen molar-refractivity contribution in [1.29, 1.82) is 0 Å². The van der Waals surface area contributed by atoms with Crippen molar-refractivity contribution in [1.82, 2.24) is 19.2 Å². The third-order valence-corrected chi connectivity index (χ3v) is 5.64. The van der Waals surface area contributed by atoms with Gasteiger partial charge in [-0.25, -0.2) is 0 Å². The third kappa shape index (κ3) is 3.74. The maximum atomic E-state index is 12.8. The number of nitrogens with one attached hydrogen (secondary N) is 1. The fraction of sp³-hybridized carbons (Fsp3) is 0.348. The topological polar surface area (TPSA) is 82.7 Å². The summed E-state index contributed by atoms with van der Waals surface area (Å²) in [6.07, 6.45) is 2.33. The fourth-order valence-electron chi connectivity index (χ4n) is 4.06. The average molecular weight is 419 g/mol. The van der Waals surface area contributed by atoms with Gasteiger partial charge in [0, 0.05) is 24.9 Å². The lowest BCUT2D eigenvalue weighted by molar-refractivity contribution is 0.0680. The second-order valence-electron chi connectivity index (χ2n) is 7.65. The molecule has 31 heavy (non-hydrogen) atoms. The van der Waals surface area contributed by atoms with Crippen molar-refractivity contribution in [2.45, 2.75) is 39.0 Å². The SMILES string of the molecule is CCn1c(=O)c2ccccc2n2c(CNc3cccc(OCC4CCCO4)c3)nnc12. The van der Waals surface area contributed by atoms with E-state index in [1.807, 2.05) is 59.9 Å². The molecule has 8 heteroatoms. The zero-order valence-corrected chi connectivity index (χ0v) is 17.5. The van der Waals surface area contributed by atoms with Crippen molar-refractivity contribution in [3.05, 3.63) is 64.7 Å². The maximum Gasteiger partial charge on any atom is 0.262 e. The predicted octanol–water partition coefficient (Wildman–Crippen LogP) is 3.23. The number of fused-ring (bicyclic) bond motifs is 3. The summed E-state index contributed by atoms with van der Waals surface area (Å²) >= 11 is 0. The van der Waals surface area contributed by atoms with Gasteiger partial charge in [-0.15, -0.1) is 10.2 Å². The summed E-state index contributed by atoms with van der Waals surface area (Å²) in [5, 5.41) is 12.7. The standard InChI is InChI=1S/C23H25N5O3/c1-2-27-22(29)19-10-3-4-11-20(19)28-21(25-26-23(27)28)14-24-16-7-5-8-17(13-16)31-15-18-9-6-12-30-18/h3-5,7-8,10-11,13,18,24H,2,6,9,12,14-15H2,1H3. The summed E-state index contributed by atoms with van der Waals surface area (Å²) < 4.78 is 15.1.